The van der Waals surface area contributed by atoms with E-state index in [1.807, 2.05) is 83.8 Å². The first-order valence-corrected chi connectivity index (χ1v) is 13.3. The maximum atomic E-state index is 14.5. The molecule has 1 amide bonds. The highest BCUT2D eigenvalue weighted by atomic mass is 16.5. The van der Waals surface area contributed by atoms with Crippen LogP contribution in [-0.4, -0.2) is 74.0 Å². The topological polar surface area (TPSA) is 89.8 Å². The predicted octanol–water partition coefficient (Wildman–Crippen LogP) is 3.81. The van der Waals surface area contributed by atoms with Crippen LogP contribution in [0.4, 0.5) is 0 Å². The Hall–Kier alpha value is -3.88. The fourth-order valence-corrected chi connectivity index (χ4v) is 5.02. The average molecular weight is 531 g/mol. The molecule has 2 heterocycles. The summed E-state index contributed by atoms with van der Waals surface area (Å²) in [5.41, 5.74) is 1.33. The summed E-state index contributed by atoms with van der Waals surface area (Å²) in [4.78, 5) is 21.4. The van der Waals surface area contributed by atoms with E-state index in [1.54, 1.807) is 7.11 Å². The Kier molecular flexibility index (Phi) is 8.44. The maximum absolute atomic E-state index is 14.5. The molecule has 39 heavy (non-hydrogen) atoms. The van der Waals surface area contributed by atoms with Gasteiger partial charge in [-0.15, -0.1) is 0 Å². The summed E-state index contributed by atoms with van der Waals surface area (Å²) in [6, 6.07) is 25.0. The molecule has 0 aromatic heterocycles. The zero-order valence-corrected chi connectivity index (χ0v) is 22.1. The number of aliphatic hydroxyl groups excluding tert-OH is 1. The van der Waals surface area contributed by atoms with Gasteiger partial charge in [-0.1, -0.05) is 42.5 Å². The maximum Gasteiger partial charge on any atom is 0.255 e. The van der Waals surface area contributed by atoms with Gasteiger partial charge in [0.25, 0.3) is 5.91 Å². The van der Waals surface area contributed by atoms with Gasteiger partial charge >= 0.3 is 0 Å². The number of morpholine rings is 1. The molecule has 1 fully saturated rings. The van der Waals surface area contributed by atoms with Gasteiger partial charge in [0.05, 0.1) is 26.9 Å². The zero-order chi connectivity index (χ0) is 27.1. The Balaban J connectivity index is 1.58. The standard InChI is InChI=1S/C31H34N2O6/c1-36-27-10-5-9-25(21-27)28-31(22-23-7-3-2-4-8-23,30(35)33-15-19-37-20-16-33)32-29(39-28)24-11-13-26(14-12-24)38-18-6-17-34/h2-5,7-14,21,28,34H,6,15-20,22H2,1H3/t28-,31-/m1/s1. The van der Waals surface area contributed by atoms with Crippen molar-refractivity contribution in [1.29, 1.82) is 0 Å². The number of aliphatic hydroxyl groups is 1. The third-order valence-corrected chi connectivity index (χ3v) is 7.02. The van der Waals surface area contributed by atoms with E-state index in [1.165, 1.54) is 0 Å². The molecule has 2 aliphatic rings. The van der Waals surface area contributed by atoms with Crippen molar-refractivity contribution < 1.29 is 28.8 Å². The number of ether oxygens (including phenoxy) is 4. The van der Waals surface area contributed by atoms with Crippen LogP contribution in [-0.2, 0) is 20.7 Å². The highest BCUT2D eigenvalue weighted by Crippen LogP contribution is 2.44. The number of rotatable bonds is 10. The molecule has 0 unspecified atom stereocenters. The smallest absolute Gasteiger partial charge is 0.255 e. The van der Waals surface area contributed by atoms with Crippen LogP contribution in [0.2, 0.25) is 0 Å². The number of hydrogen-bond acceptors (Lipinski definition) is 7. The minimum Gasteiger partial charge on any atom is -0.497 e. The van der Waals surface area contributed by atoms with Crippen LogP contribution in [0.15, 0.2) is 83.9 Å². The lowest BCUT2D eigenvalue weighted by Gasteiger charge is -2.37. The lowest BCUT2D eigenvalue weighted by Crippen LogP contribution is -2.54. The van der Waals surface area contributed by atoms with Gasteiger partial charge in [-0.05, 0) is 47.5 Å². The Morgan fingerprint density at radius 2 is 1.79 bits per heavy atom. The number of carbonyl (C=O) groups excluding carboxylic acids is 1. The van der Waals surface area contributed by atoms with Crippen molar-refractivity contribution in [3.05, 3.63) is 95.6 Å². The first-order valence-electron chi connectivity index (χ1n) is 13.3. The van der Waals surface area contributed by atoms with Crippen LogP contribution in [0.25, 0.3) is 0 Å². The van der Waals surface area contributed by atoms with Crippen LogP contribution in [0.5, 0.6) is 11.5 Å². The van der Waals surface area contributed by atoms with E-state index < -0.39 is 11.6 Å². The first-order chi connectivity index (χ1) is 19.1. The van der Waals surface area contributed by atoms with E-state index >= 15 is 0 Å². The van der Waals surface area contributed by atoms with Crippen LogP contribution in [0, 0.1) is 0 Å². The Labute approximate surface area is 228 Å². The Bertz CT molecular complexity index is 1270. The molecule has 0 aliphatic carbocycles. The fraction of sp³-hybridized carbons (Fsp3) is 0.355. The number of hydrogen-bond donors (Lipinski definition) is 1. The van der Waals surface area contributed by atoms with Gasteiger partial charge in [0.1, 0.15) is 11.5 Å². The first kappa shape index (κ1) is 26.7. The summed E-state index contributed by atoms with van der Waals surface area (Å²) in [5.74, 6) is 1.69. The Morgan fingerprint density at radius 1 is 1.03 bits per heavy atom. The second-order valence-corrected chi connectivity index (χ2v) is 9.63. The SMILES string of the molecule is COc1cccc([C@H]2OC(c3ccc(OCCCO)cc3)=N[C@@]2(Cc2ccccc2)C(=O)N2CCOCC2)c1. The fourth-order valence-electron chi connectivity index (χ4n) is 5.02. The predicted molar refractivity (Wildman–Crippen MR) is 147 cm³/mol. The molecular weight excluding hydrogens is 496 g/mol. The van der Waals surface area contributed by atoms with Gasteiger partial charge in [-0.2, -0.15) is 0 Å². The van der Waals surface area contributed by atoms with Gasteiger partial charge < -0.3 is 29.0 Å². The molecule has 0 saturated carbocycles. The van der Waals surface area contributed by atoms with Crippen LogP contribution < -0.4 is 9.47 Å². The van der Waals surface area contributed by atoms with E-state index in [4.69, 9.17) is 29.0 Å². The van der Waals surface area contributed by atoms with Crippen molar-refractivity contribution in [2.45, 2.75) is 24.5 Å². The van der Waals surface area contributed by atoms with E-state index in [0.29, 0.717) is 63.1 Å². The minimum absolute atomic E-state index is 0.0784. The van der Waals surface area contributed by atoms with Gasteiger partial charge in [0, 0.05) is 38.1 Å². The lowest BCUT2D eigenvalue weighted by atomic mass is 9.81. The molecule has 0 bridgehead atoms. The molecule has 5 rings (SSSR count). The number of amides is 1. The van der Waals surface area contributed by atoms with Crippen molar-refractivity contribution in [3.8, 4) is 11.5 Å². The molecule has 2 aliphatic heterocycles. The molecule has 2 atom stereocenters. The number of aliphatic imine (C=N–C) groups is 1. The number of benzene rings is 3. The van der Waals surface area contributed by atoms with E-state index in [2.05, 4.69) is 0 Å². The molecule has 3 aromatic carbocycles. The zero-order valence-electron chi connectivity index (χ0n) is 22.1. The average Bonchev–Trinajstić information content (AvgIpc) is 3.38. The number of carbonyl (C=O) groups is 1. The highest BCUT2D eigenvalue weighted by molar-refractivity contribution is 6.01. The summed E-state index contributed by atoms with van der Waals surface area (Å²) in [5, 5.41) is 9.02. The van der Waals surface area contributed by atoms with Crippen molar-refractivity contribution in [1.82, 2.24) is 4.90 Å². The summed E-state index contributed by atoms with van der Waals surface area (Å²) < 4.78 is 23.4. The van der Waals surface area contributed by atoms with Crippen molar-refractivity contribution >= 4 is 11.8 Å². The molecule has 8 heteroatoms. The molecule has 3 aromatic rings. The molecule has 1 saturated heterocycles. The molecular formula is C31H34N2O6. The number of methoxy groups -OCH3 is 1. The third kappa shape index (κ3) is 5.92. The largest absolute Gasteiger partial charge is 0.497 e. The molecule has 8 nitrogen and oxygen atoms in total. The van der Waals surface area contributed by atoms with Crippen LogP contribution in [0.3, 0.4) is 0 Å². The second-order valence-electron chi connectivity index (χ2n) is 9.63. The van der Waals surface area contributed by atoms with E-state index in [-0.39, 0.29) is 12.5 Å². The van der Waals surface area contributed by atoms with Gasteiger partial charge in [0.15, 0.2) is 11.6 Å². The van der Waals surface area contributed by atoms with E-state index in [0.717, 1.165) is 16.7 Å². The summed E-state index contributed by atoms with van der Waals surface area (Å²) in [6.45, 7) is 2.50. The molecule has 0 spiro atoms. The molecule has 1 N–H and O–H groups in total. The quantitative estimate of drug-likeness (QED) is 0.401. The minimum atomic E-state index is -1.23. The molecule has 0 radical (unpaired) electrons. The van der Waals surface area contributed by atoms with Gasteiger partial charge in [-0.3, -0.25) is 4.79 Å². The lowest BCUT2D eigenvalue weighted by molar-refractivity contribution is -0.143. The van der Waals surface area contributed by atoms with Crippen LogP contribution >= 0.6 is 0 Å². The second kappa shape index (κ2) is 12.3. The van der Waals surface area contributed by atoms with Gasteiger partial charge in [-0.25, -0.2) is 4.99 Å². The van der Waals surface area contributed by atoms with Crippen LogP contribution in [0.1, 0.15) is 29.2 Å². The van der Waals surface area contributed by atoms with Gasteiger partial charge in [0.2, 0.25) is 5.90 Å². The van der Waals surface area contributed by atoms with Crippen molar-refractivity contribution in [2.24, 2.45) is 4.99 Å². The summed E-state index contributed by atoms with van der Waals surface area (Å²) in [7, 11) is 1.62. The summed E-state index contributed by atoms with van der Waals surface area (Å²) in [6.07, 6.45) is 0.266. The third-order valence-electron chi connectivity index (χ3n) is 7.02. The normalized spacial score (nSPS) is 20.7. The van der Waals surface area contributed by atoms with E-state index in [9.17, 15) is 4.79 Å². The summed E-state index contributed by atoms with van der Waals surface area (Å²) >= 11 is 0. The highest BCUT2D eigenvalue weighted by Gasteiger charge is 2.55. The molecule has 204 valence electrons. The van der Waals surface area contributed by atoms with Crippen molar-refractivity contribution in [3.63, 3.8) is 0 Å². The monoisotopic (exact) mass is 530 g/mol. The number of nitrogens with zero attached hydrogens (tertiary/aromatic N) is 2. The Morgan fingerprint density at radius 3 is 2.51 bits per heavy atom. The van der Waals surface area contributed by atoms with Crippen molar-refractivity contribution in [2.75, 3.05) is 46.6 Å².